The zero-order valence-electron chi connectivity index (χ0n) is 20.0. The van der Waals surface area contributed by atoms with Crippen molar-refractivity contribution in [2.45, 2.75) is 57.7 Å². The lowest BCUT2D eigenvalue weighted by atomic mass is 9.92. The number of aromatic hydroxyl groups is 1. The molecule has 2 aromatic rings. The van der Waals surface area contributed by atoms with E-state index in [0.717, 1.165) is 0 Å². The number of nitrogens with two attached hydrogens (primary N) is 2. The number of nitrogens with one attached hydrogen (secondary N) is 1. The van der Waals surface area contributed by atoms with E-state index in [1.165, 1.54) is 30.1 Å². The molecule has 0 saturated carbocycles. The van der Waals surface area contributed by atoms with Gasteiger partial charge in [0.1, 0.15) is 23.1 Å². The van der Waals surface area contributed by atoms with Crippen LogP contribution in [0.25, 0.3) is 0 Å². The number of likely N-dealkylation sites (N-methyl/N-ethyl adjacent to an activating group) is 1. The first-order valence-electron chi connectivity index (χ1n) is 11.1. The number of hydrogen-bond donors (Lipinski definition) is 4. The molecule has 0 radical (unpaired) electrons. The number of rotatable bonds is 10. The number of phenols is 1. The molecule has 2 rings (SSSR count). The summed E-state index contributed by atoms with van der Waals surface area (Å²) in [6, 6.07) is 8.59. The summed E-state index contributed by atoms with van der Waals surface area (Å²) in [4.78, 5) is 39.6. The second-order valence-corrected chi connectivity index (χ2v) is 8.72. The molecule has 0 aromatic heterocycles. The van der Waals surface area contributed by atoms with E-state index in [0.29, 0.717) is 16.7 Å². The maximum absolute atomic E-state index is 13.3. The van der Waals surface area contributed by atoms with Crippen LogP contribution in [0.4, 0.5) is 4.39 Å². The molecule has 184 valence electrons. The van der Waals surface area contributed by atoms with Crippen LogP contribution in [-0.4, -0.2) is 52.4 Å². The quantitative estimate of drug-likeness (QED) is 0.416. The molecule has 0 aliphatic carbocycles. The molecule has 9 heteroatoms. The number of nitrogens with zero attached hydrogens (tertiary/aromatic N) is 1. The van der Waals surface area contributed by atoms with E-state index in [9.17, 15) is 23.9 Å². The van der Waals surface area contributed by atoms with E-state index in [4.69, 9.17) is 11.5 Å². The van der Waals surface area contributed by atoms with Crippen LogP contribution >= 0.6 is 0 Å². The van der Waals surface area contributed by atoms with Gasteiger partial charge in [-0.2, -0.15) is 0 Å². The summed E-state index contributed by atoms with van der Waals surface area (Å²) in [7, 11) is 1.48. The lowest BCUT2D eigenvalue weighted by Crippen LogP contribution is -2.62. The molecule has 3 amide bonds. The molecule has 0 heterocycles. The molecule has 0 bridgehead atoms. The monoisotopic (exact) mass is 472 g/mol. The van der Waals surface area contributed by atoms with Gasteiger partial charge in [-0.3, -0.25) is 14.4 Å². The van der Waals surface area contributed by atoms with Gasteiger partial charge in [-0.05, 0) is 61.6 Å². The first-order valence-corrected chi connectivity index (χ1v) is 11.1. The molecular weight excluding hydrogens is 439 g/mol. The Morgan fingerprint density at radius 2 is 1.71 bits per heavy atom. The minimum atomic E-state index is -1.30. The predicted octanol–water partition coefficient (Wildman–Crippen LogP) is 1.55. The molecule has 0 fully saturated rings. The standard InChI is InChI=1S/C25H33FN4O4/c1-5-25(3,30(4)23(33)19(27)13-16-6-9-18(26)10-7-16)24(34)29-20(22(28)32)14-17-8-11-21(31)15(2)12-17/h6-12,19-20,31H,5,13-14,27H2,1-4H3,(H2,28,32)(H,29,34)/t19-,20-,25+/m0/s1. The Labute approximate surface area is 199 Å². The van der Waals surface area contributed by atoms with Crippen LogP contribution in [0, 0.1) is 12.7 Å². The van der Waals surface area contributed by atoms with Crippen LogP contribution in [0.3, 0.4) is 0 Å². The SMILES string of the molecule is CC[C@](C)(C(=O)N[C@@H](Cc1ccc(O)c(C)c1)C(N)=O)N(C)C(=O)[C@@H](N)Cc1ccc(F)cc1. The van der Waals surface area contributed by atoms with Gasteiger partial charge >= 0.3 is 0 Å². The molecule has 8 nitrogen and oxygen atoms in total. The average Bonchev–Trinajstić information content (AvgIpc) is 2.80. The maximum atomic E-state index is 13.3. The minimum absolute atomic E-state index is 0.124. The highest BCUT2D eigenvalue weighted by atomic mass is 19.1. The number of amides is 3. The van der Waals surface area contributed by atoms with E-state index in [-0.39, 0.29) is 30.8 Å². The number of halogens is 1. The number of hydrogen-bond acceptors (Lipinski definition) is 5. The van der Waals surface area contributed by atoms with Crippen molar-refractivity contribution < 1.29 is 23.9 Å². The van der Waals surface area contributed by atoms with Crippen LogP contribution < -0.4 is 16.8 Å². The molecule has 0 aliphatic heterocycles. The maximum Gasteiger partial charge on any atom is 0.246 e. The van der Waals surface area contributed by atoms with E-state index in [1.54, 1.807) is 45.0 Å². The highest BCUT2D eigenvalue weighted by Crippen LogP contribution is 2.22. The molecule has 34 heavy (non-hydrogen) atoms. The molecular formula is C25H33FN4O4. The smallest absolute Gasteiger partial charge is 0.246 e. The lowest BCUT2D eigenvalue weighted by molar-refractivity contribution is -0.147. The molecule has 6 N–H and O–H groups in total. The summed E-state index contributed by atoms with van der Waals surface area (Å²) in [5.74, 6) is -1.99. The number of carbonyl (C=O) groups is 3. The largest absolute Gasteiger partial charge is 0.508 e. The summed E-state index contributed by atoms with van der Waals surface area (Å²) in [6.45, 7) is 5.06. The summed E-state index contributed by atoms with van der Waals surface area (Å²) in [5.41, 5.74) is 12.4. The van der Waals surface area contributed by atoms with Crippen LogP contribution in [-0.2, 0) is 27.2 Å². The summed E-state index contributed by atoms with van der Waals surface area (Å²) in [5, 5.41) is 12.4. The molecule has 0 aliphatic rings. The Morgan fingerprint density at radius 1 is 1.12 bits per heavy atom. The van der Waals surface area contributed by atoms with Crippen LogP contribution in [0.5, 0.6) is 5.75 Å². The van der Waals surface area contributed by atoms with Gasteiger partial charge in [0.25, 0.3) is 0 Å². The topological polar surface area (TPSA) is 139 Å². The highest BCUT2D eigenvalue weighted by molar-refractivity contribution is 5.95. The Morgan fingerprint density at radius 3 is 2.24 bits per heavy atom. The van der Waals surface area contributed by atoms with Crippen LogP contribution in [0.2, 0.25) is 0 Å². The van der Waals surface area contributed by atoms with Crippen molar-refractivity contribution in [2.24, 2.45) is 11.5 Å². The van der Waals surface area contributed by atoms with Gasteiger partial charge in [-0.1, -0.05) is 31.2 Å². The summed E-state index contributed by atoms with van der Waals surface area (Å²) >= 11 is 0. The van der Waals surface area contributed by atoms with Crippen LogP contribution in [0.1, 0.15) is 37.0 Å². The fourth-order valence-corrected chi connectivity index (χ4v) is 3.62. The second-order valence-electron chi connectivity index (χ2n) is 8.72. The second kappa shape index (κ2) is 11.1. The van der Waals surface area contributed by atoms with Crippen molar-refractivity contribution in [3.63, 3.8) is 0 Å². The number of benzene rings is 2. The van der Waals surface area contributed by atoms with E-state index < -0.39 is 35.3 Å². The zero-order chi connectivity index (χ0) is 25.6. The van der Waals surface area contributed by atoms with Crippen molar-refractivity contribution >= 4 is 17.7 Å². The van der Waals surface area contributed by atoms with Gasteiger partial charge in [-0.25, -0.2) is 4.39 Å². The third kappa shape index (κ3) is 6.32. The Bertz CT molecular complexity index is 1040. The highest BCUT2D eigenvalue weighted by Gasteiger charge is 2.41. The van der Waals surface area contributed by atoms with Crippen molar-refractivity contribution in [3.05, 3.63) is 65.0 Å². The van der Waals surface area contributed by atoms with Gasteiger partial charge in [0.05, 0.1) is 6.04 Å². The fraction of sp³-hybridized carbons (Fsp3) is 0.400. The number of carbonyl (C=O) groups excluding carboxylic acids is 3. The number of aryl methyl sites for hydroxylation is 1. The van der Waals surface area contributed by atoms with Gasteiger partial charge in [-0.15, -0.1) is 0 Å². The minimum Gasteiger partial charge on any atom is -0.508 e. The fourth-order valence-electron chi connectivity index (χ4n) is 3.62. The van der Waals surface area contributed by atoms with Crippen LogP contribution in [0.15, 0.2) is 42.5 Å². The van der Waals surface area contributed by atoms with Gasteiger partial charge in [0.2, 0.25) is 17.7 Å². The Hall–Kier alpha value is -3.46. The van der Waals surface area contributed by atoms with Gasteiger partial charge in [0, 0.05) is 13.5 Å². The van der Waals surface area contributed by atoms with Crippen molar-refractivity contribution in [1.29, 1.82) is 0 Å². The van der Waals surface area contributed by atoms with Gasteiger partial charge < -0.3 is 26.8 Å². The van der Waals surface area contributed by atoms with E-state index in [1.807, 2.05) is 0 Å². The average molecular weight is 473 g/mol. The molecule has 3 atom stereocenters. The molecule has 2 aromatic carbocycles. The van der Waals surface area contributed by atoms with E-state index >= 15 is 0 Å². The van der Waals surface area contributed by atoms with E-state index in [2.05, 4.69) is 5.32 Å². The first kappa shape index (κ1) is 26.8. The summed E-state index contributed by atoms with van der Waals surface area (Å²) in [6.07, 6.45) is 0.562. The number of primary amides is 1. The Kier molecular flexibility index (Phi) is 8.75. The predicted molar refractivity (Wildman–Crippen MR) is 127 cm³/mol. The first-order chi connectivity index (χ1) is 15.9. The van der Waals surface area contributed by atoms with Gasteiger partial charge in [0.15, 0.2) is 0 Å². The van der Waals surface area contributed by atoms with Crippen molar-refractivity contribution in [3.8, 4) is 5.75 Å². The third-order valence-electron chi connectivity index (χ3n) is 6.28. The normalized spacial score (nSPS) is 14.5. The summed E-state index contributed by atoms with van der Waals surface area (Å²) < 4.78 is 13.1. The zero-order valence-corrected chi connectivity index (χ0v) is 20.0. The molecule has 0 spiro atoms. The lowest BCUT2D eigenvalue weighted by Gasteiger charge is -2.39. The van der Waals surface area contributed by atoms with Crippen molar-refractivity contribution in [1.82, 2.24) is 10.2 Å². The number of phenolic OH excluding ortho intramolecular Hbond substituents is 1. The molecule has 0 unspecified atom stereocenters. The third-order valence-corrected chi connectivity index (χ3v) is 6.28. The van der Waals surface area contributed by atoms with Crippen molar-refractivity contribution in [2.75, 3.05) is 7.05 Å². The molecule has 0 saturated heterocycles. The Balaban J connectivity index is 2.15.